The molecule has 0 amide bonds. The van der Waals surface area contributed by atoms with Gasteiger partial charge in [-0.05, 0) is 185 Å². The highest BCUT2D eigenvalue weighted by atomic mass is 15.2. The van der Waals surface area contributed by atoms with Crippen LogP contribution < -0.4 is 4.90 Å². The summed E-state index contributed by atoms with van der Waals surface area (Å²) in [6.07, 6.45) is 12.4. The Balaban J connectivity index is 1.37. The lowest BCUT2D eigenvalue weighted by Gasteiger charge is -2.42. The van der Waals surface area contributed by atoms with E-state index in [0.29, 0.717) is 0 Å². The maximum Gasteiger partial charge on any atom is 0.0543 e. The van der Waals surface area contributed by atoms with Crippen LogP contribution >= 0.6 is 0 Å². The summed E-state index contributed by atoms with van der Waals surface area (Å²) in [6, 6.07) is 32.1. The first-order valence-electron chi connectivity index (χ1n) is 20.3. The van der Waals surface area contributed by atoms with Crippen molar-refractivity contribution in [3.63, 3.8) is 0 Å². The fourth-order valence-electron chi connectivity index (χ4n) is 10.6. The Morgan fingerprint density at radius 2 is 0.981 bits per heavy atom. The second-order valence-electron chi connectivity index (χ2n) is 18.7. The molecule has 4 aliphatic rings. The molecule has 266 valence electrons. The Bertz CT molecular complexity index is 2190. The molecule has 0 N–H and O–H groups in total. The van der Waals surface area contributed by atoms with Crippen LogP contribution in [0.3, 0.4) is 0 Å². The van der Waals surface area contributed by atoms with Gasteiger partial charge < -0.3 is 4.90 Å². The number of benzene rings is 5. The molecule has 0 fully saturated rings. The standard InChI is InChI=1S/C51H57N/c1-32-25-34-15-9-11-17-36(34)28-46(32)52(47-29-37-18-12-10-16-35(37)26-33(47)2)48-31-44-41(39-19-13-14-20-42(39)51(44,7)8)30-40(48)38-21-22-43-45(27-38)50(5,6)24-23-49(43,3)4/h13-14,19-22,25-31H,9-12,15-18,23-24H2,1-8H3. The van der Waals surface area contributed by atoms with Crippen molar-refractivity contribution < 1.29 is 0 Å². The Morgan fingerprint density at radius 3 is 1.58 bits per heavy atom. The number of rotatable bonds is 4. The molecular weight excluding hydrogens is 627 g/mol. The van der Waals surface area contributed by atoms with Crippen molar-refractivity contribution in [3.8, 4) is 22.3 Å². The molecule has 0 saturated carbocycles. The summed E-state index contributed by atoms with van der Waals surface area (Å²) in [6.45, 7) is 19.4. The van der Waals surface area contributed by atoms with Gasteiger partial charge in [-0.15, -0.1) is 0 Å². The second kappa shape index (κ2) is 12.0. The number of fused-ring (bicyclic) bond motifs is 6. The van der Waals surface area contributed by atoms with E-state index in [-0.39, 0.29) is 16.2 Å². The van der Waals surface area contributed by atoms with Crippen LogP contribution in [-0.2, 0) is 41.9 Å². The molecule has 9 rings (SSSR count). The van der Waals surface area contributed by atoms with Gasteiger partial charge in [0.15, 0.2) is 0 Å². The quantitative estimate of drug-likeness (QED) is 0.182. The molecule has 0 bridgehead atoms. The van der Waals surface area contributed by atoms with Gasteiger partial charge in [0, 0.05) is 22.4 Å². The zero-order valence-corrected chi connectivity index (χ0v) is 33.0. The summed E-state index contributed by atoms with van der Waals surface area (Å²) in [4.78, 5) is 2.71. The molecule has 0 unspecified atom stereocenters. The Hall–Kier alpha value is -4.10. The molecule has 0 atom stereocenters. The molecule has 0 radical (unpaired) electrons. The Labute approximate surface area is 313 Å². The van der Waals surface area contributed by atoms with Crippen LogP contribution in [0.15, 0.2) is 78.9 Å². The summed E-state index contributed by atoms with van der Waals surface area (Å²) in [5.41, 5.74) is 24.5. The normalized spacial score (nSPS) is 18.8. The number of anilines is 3. The van der Waals surface area contributed by atoms with Gasteiger partial charge in [0.1, 0.15) is 0 Å². The number of hydrogen-bond acceptors (Lipinski definition) is 1. The van der Waals surface area contributed by atoms with Crippen molar-refractivity contribution in [1.82, 2.24) is 0 Å². The van der Waals surface area contributed by atoms with E-state index < -0.39 is 0 Å². The fraction of sp³-hybridized carbons (Fsp3) is 0.412. The first-order valence-corrected chi connectivity index (χ1v) is 20.3. The van der Waals surface area contributed by atoms with E-state index in [0.717, 1.165) is 0 Å². The third-order valence-corrected chi connectivity index (χ3v) is 13.9. The van der Waals surface area contributed by atoms with Gasteiger partial charge in [-0.25, -0.2) is 0 Å². The fourth-order valence-corrected chi connectivity index (χ4v) is 10.6. The Morgan fingerprint density at radius 1 is 0.442 bits per heavy atom. The van der Waals surface area contributed by atoms with Crippen molar-refractivity contribution in [1.29, 1.82) is 0 Å². The molecular formula is C51H57N. The van der Waals surface area contributed by atoms with E-state index >= 15 is 0 Å². The summed E-state index contributed by atoms with van der Waals surface area (Å²) < 4.78 is 0. The average Bonchev–Trinajstić information content (AvgIpc) is 3.35. The van der Waals surface area contributed by atoms with Crippen LogP contribution in [0, 0.1) is 13.8 Å². The van der Waals surface area contributed by atoms with Gasteiger partial charge in [0.05, 0.1) is 5.69 Å². The van der Waals surface area contributed by atoms with Gasteiger partial charge in [-0.2, -0.15) is 0 Å². The van der Waals surface area contributed by atoms with Crippen LogP contribution in [0.1, 0.15) is 136 Å². The van der Waals surface area contributed by atoms with Crippen LogP contribution in [0.25, 0.3) is 22.3 Å². The predicted octanol–water partition coefficient (Wildman–Crippen LogP) is 13.9. The first-order chi connectivity index (χ1) is 24.8. The zero-order valence-electron chi connectivity index (χ0n) is 33.0. The maximum atomic E-state index is 2.71. The van der Waals surface area contributed by atoms with Crippen LogP contribution in [0.5, 0.6) is 0 Å². The lowest BCUT2D eigenvalue weighted by atomic mass is 9.63. The topological polar surface area (TPSA) is 3.24 Å². The molecule has 5 aromatic carbocycles. The third-order valence-electron chi connectivity index (χ3n) is 13.9. The predicted molar refractivity (Wildman–Crippen MR) is 222 cm³/mol. The molecule has 1 heteroatoms. The van der Waals surface area contributed by atoms with Crippen molar-refractivity contribution in [3.05, 3.63) is 134 Å². The van der Waals surface area contributed by atoms with Crippen molar-refractivity contribution >= 4 is 17.1 Å². The smallest absolute Gasteiger partial charge is 0.0543 e. The van der Waals surface area contributed by atoms with E-state index in [4.69, 9.17) is 0 Å². The highest BCUT2D eigenvalue weighted by Gasteiger charge is 2.39. The highest BCUT2D eigenvalue weighted by molar-refractivity contribution is 5.96. The summed E-state index contributed by atoms with van der Waals surface area (Å²) in [7, 11) is 0. The van der Waals surface area contributed by atoms with Crippen LogP contribution in [-0.4, -0.2) is 0 Å². The molecule has 0 heterocycles. The van der Waals surface area contributed by atoms with Gasteiger partial charge >= 0.3 is 0 Å². The Kier molecular flexibility index (Phi) is 7.75. The van der Waals surface area contributed by atoms with E-state index in [1.54, 1.807) is 22.3 Å². The summed E-state index contributed by atoms with van der Waals surface area (Å²) in [5, 5.41) is 0. The second-order valence-corrected chi connectivity index (χ2v) is 18.7. The van der Waals surface area contributed by atoms with Crippen LogP contribution in [0.2, 0.25) is 0 Å². The van der Waals surface area contributed by atoms with Crippen LogP contribution in [0.4, 0.5) is 17.1 Å². The van der Waals surface area contributed by atoms with E-state index in [2.05, 4.69) is 139 Å². The van der Waals surface area contributed by atoms with Crippen molar-refractivity contribution in [2.24, 2.45) is 0 Å². The SMILES string of the molecule is Cc1cc2c(cc1N(c1cc3c(cc1C)CCCC3)c1cc3c(cc1-c1ccc4c(c1)C(C)(C)CCC4(C)C)-c1ccccc1C3(C)C)CCCC2. The molecule has 4 aliphatic carbocycles. The maximum absolute atomic E-state index is 2.71. The molecule has 0 aromatic heterocycles. The molecule has 52 heavy (non-hydrogen) atoms. The molecule has 5 aromatic rings. The third kappa shape index (κ3) is 5.24. The monoisotopic (exact) mass is 683 g/mol. The van der Waals surface area contributed by atoms with Gasteiger partial charge in [-0.1, -0.05) is 96.1 Å². The summed E-state index contributed by atoms with van der Waals surface area (Å²) >= 11 is 0. The lowest BCUT2D eigenvalue weighted by molar-refractivity contribution is 0.332. The minimum Gasteiger partial charge on any atom is -0.309 e. The van der Waals surface area contributed by atoms with E-state index in [1.807, 2.05) is 0 Å². The lowest BCUT2D eigenvalue weighted by Crippen LogP contribution is -2.33. The van der Waals surface area contributed by atoms with E-state index in [9.17, 15) is 0 Å². The van der Waals surface area contributed by atoms with Crippen molar-refractivity contribution in [2.45, 2.75) is 136 Å². The molecule has 0 saturated heterocycles. The molecule has 0 spiro atoms. The zero-order chi connectivity index (χ0) is 36.2. The number of nitrogens with zero attached hydrogens (tertiary/aromatic N) is 1. The minimum atomic E-state index is -0.0947. The number of hydrogen-bond donors (Lipinski definition) is 0. The van der Waals surface area contributed by atoms with E-state index in [1.165, 1.54) is 137 Å². The van der Waals surface area contributed by atoms with Gasteiger partial charge in [-0.3, -0.25) is 0 Å². The van der Waals surface area contributed by atoms with Gasteiger partial charge in [0.2, 0.25) is 0 Å². The molecule has 0 aliphatic heterocycles. The van der Waals surface area contributed by atoms with Gasteiger partial charge in [0.25, 0.3) is 0 Å². The summed E-state index contributed by atoms with van der Waals surface area (Å²) in [5.74, 6) is 0. The highest BCUT2D eigenvalue weighted by Crippen LogP contribution is 2.55. The molecule has 1 nitrogen and oxygen atoms in total. The minimum absolute atomic E-state index is 0.0947. The van der Waals surface area contributed by atoms with Crippen molar-refractivity contribution in [2.75, 3.05) is 4.90 Å². The largest absolute Gasteiger partial charge is 0.309 e. The average molecular weight is 684 g/mol. The first kappa shape index (κ1) is 33.7. The number of aryl methyl sites for hydroxylation is 6.